The second-order valence-corrected chi connectivity index (χ2v) is 11.6. The quantitative estimate of drug-likeness (QED) is 0.266. The Labute approximate surface area is 197 Å². The van der Waals surface area contributed by atoms with Gasteiger partial charge >= 0.3 is 0 Å². The van der Waals surface area contributed by atoms with E-state index < -0.39 is 0 Å². The Balaban J connectivity index is 1.09. The summed E-state index contributed by atoms with van der Waals surface area (Å²) in [4.78, 5) is 0. The third kappa shape index (κ3) is 6.94. The molecular weight excluding hydrogens is 391 g/mol. The van der Waals surface area contributed by atoms with Crippen LogP contribution in [-0.4, -0.2) is 0 Å². The maximum atomic E-state index is 13.2. The zero-order valence-electron chi connectivity index (χ0n) is 20.5. The van der Waals surface area contributed by atoms with Crippen molar-refractivity contribution in [1.82, 2.24) is 0 Å². The first-order valence-corrected chi connectivity index (χ1v) is 14.1. The van der Waals surface area contributed by atoms with Crippen molar-refractivity contribution < 1.29 is 4.39 Å². The van der Waals surface area contributed by atoms with Gasteiger partial charge in [-0.15, -0.1) is 6.58 Å². The maximum Gasteiger partial charge on any atom is 0.123 e. The molecule has 0 aromatic heterocycles. The van der Waals surface area contributed by atoms with E-state index in [4.69, 9.17) is 0 Å². The van der Waals surface area contributed by atoms with Crippen molar-refractivity contribution in [3.8, 4) is 0 Å². The van der Waals surface area contributed by atoms with Crippen molar-refractivity contribution in [3.63, 3.8) is 0 Å². The molecule has 3 saturated carbocycles. The summed E-state index contributed by atoms with van der Waals surface area (Å²) in [5.41, 5.74) is 1.36. The smallest absolute Gasteiger partial charge is 0.123 e. The molecule has 0 amide bonds. The Hall–Kier alpha value is -1.11. The van der Waals surface area contributed by atoms with E-state index in [-0.39, 0.29) is 5.82 Å². The van der Waals surface area contributed by atoms with Crippen LogP contribution in [-0.2, 0) is 0 Å². The van der Waals surface area contributed by atoms with Gasteiger partial charge in [0.1, 0.15) is 5.82 Å². The van der Waals surface area contributed by atoms with Gasteiger partial charge in [0.25, 0.3) is 0 Å². The van der Waals surface area contributed by atoms with Gasteiger partial charge in [-0.1, -0.05) is 76.0 Å². The summed E-state index contributed by atoms with van der Waals surface area (Å²) in [6.45, 7) is 3.86. The molecule has 0 radical (unpaired) electrons. The first-order valence-electron chi connectivity index (χ1n) is 14.1. The molecule has 0 saturated heterocycles. The molecule has 3 fully saturated rings. The Morgan fingerprint density at radius 2 is 1.12 bits per heavy atom. The fourth-order valence-electron chi connectivity index (χ4n) is 7.44. The Bertz CT molecular complexity index is 652. The van der Waals surface area contributed by atoms with E-state index in [1.165, 1.54) is 115 Å². The lowest BCUT2D eigenvalue weighted by Gasteiger charge is -2.38. The molecule has 0 N–H and O–H groups in total. The van der Waals surface area contributed by atoms with Crippen LogP contribution >= 0.6 is 0 Å². The summed E-state index contributed by atoms with van der Waals surface area (Å²) in [7, 11) is 0. The summed E-state index contributed by atoms with van der Waals surface area (Å²) in [5, 5.41) is 0. The topological polar surface area (TPSA) is 0 Å². The number of halogens is 1. The predicted octanol–water partition coefficient (Wildman–Crippen LogP) is 9.85. The van der Waals surface area contributed by atoms with Crippen LogP contribution in [0.25, 0.3) is 0 Å². The van der Waals surface area contributed by atoms with Crippen LogP contribution in [0.2, 0.25) is 0 Å². The number of unbranched alkanes of at least 4 members (excludes halogenated alkanes) is 1. The zero-order chi connectivity index (χ0) is 22.2. The highest BCUT2D eigenvalue weighted by molar-refractivity contribution is 5.21. The van der Waals surface area contributed by atoms with Gasteiger partial charge in [0, 0.05) is 0 Å². The van der Waals surface area contributed by atoms with E-state index in [2.05, 4.69) is 12.7 Å². The van der Waals surface area contributed by atoms with Crippen molar-refractivity contribution in [1.29, 1.82) is 0 Å². The lowest BCUT2D eigenvalue weighted by atomic mass is 9.67. The average molecular weight is 439 g/mol. The van der Waals surface area contributed by atoms with Gasteiger partial charge < -0.3 is 0 Å². The van der Waals surface area contributed by atoms with E-state index >= 15 is 0 Å². The van der Waals surface area contributed by atoms with Crippen molar-refractivity contribution in [2.75, 3.05) is 0 Å². The minimum atomic E-state index is -0.105. The Morgan fingerprint density at radius 1 is 0.656 bits per heavy atom. The number of allylic oxidation sites excluding steroid dienone is 1. The van der Waals surface area contributed by atoms with Gasteiger partial charge in [-0.2, -0.15) is 0 Å². The van der Waals surface area contributed by atoms with Crippen LogP contribution < -0.4 is 0 Å². The molecule has 0 bridgehead atoms. The molecular formula is C31H47F. The molecule has 0 nitrogen and oxygen atoms in total. The molecule has 32 heavy (non-hydrogen) atoms. The highest BCUT2D eigenvalue weighted by atomic mass is 19.1. The lowest BCUT2D eigenvalue weighted by Crippen LogP contribution is -2.25. The molecule has 0 unspecified atom stereocenters. The van der Waals surface area contributed by atoms with Crippen LogP contribution in [0.3, 0.4) is 0 Å². The maximum absolute atomic E-state index is 13.2. The van der Waals surface area contributed by atoms with Crippen molar-refractivity contribution in [3.05, 3.63) is 48.3 Å². The standard InChI is InChI=1S/C31H47F/c1-2-3-4-5-24-6-8-25(9-7-24)10-11-26-12-14-27(15-13-26)28-16-18-29(19-17-28)30-20-22-31(32)23-21-30/h2,20-29H,1,3-19H2/t24-,25-,26-,27-,28-,29-. The monoisotopic (exact) mass is 438 g/mol. The van der Waals surface area contributed by atoms with E-state index in [9.17, 15) is 4.39 Å². The molecule has 0 atom stereocenters. The fourth-order valence-corrected chi connectivity index (χ4v) is 7.44. The van der Waals surface area contributed by atoms with Gasteiger partial charge in [0.05, 0.1) is 0 Å². The van der Waals surface area contributed by atoms with Crippen LogP contribution in [0.5, 0.6) is 0 Å². The minimum absolute atomic E-state index is 0.105. The van der Waals surface area contributed by atoms with Gasteiger partial charge in [-0.3, -0.25) is 0 Å². The lowest BCUT2D eigenvalue weighted by molar-refractivity contribution is 0.149. The molecule has 1 aromatic carbocycles. The molecule has 0 aliphatic heterocycles. The molecule has 3 aliphatic rings. The largest absolute Gasteiger partial charge is 0.207 e. The van der Waals surface area contributed by atoms with Crippen LogP contribution in [0.15, 0.2) is 36.9 Å². The van der Waals surface area contributed by atoms with Gasteiger partial charge in [-0.05, 0) is 105 Å². The zero-order valence-corrected chi connectivity index (χ0v) is 20.5. The predicted molar refractivity (Wildman–Crippen MR) is 135 cm³/mol. The molecule has 4 rings (SSSR count). The second-order valence-electron chi connectivity index (χ2n) is 11.6. The first-order chi connectivity index (χ1) is 15.7. The van der Waals surface area contributed by atoms with E-state index in [1.807, 2.05) is 12.1 Å². The van der Waals surface area contributed by atoms with E-state index in [1.54, 1.807) is 12.1 Å². The van der Waals surface area contributed by atoms with Gasteiger partial charge in [0.15, 0.2) is 0 Å². The van der Waals surface area contributed by atoms with Crippen LogP contribution in [0, 0.1) is 35.4 Å². The summed E-state index contributed by atoms with van der Waals surface area (Å²) >= 11 is 0. The van der Waals surface area contributed by atoms with Gasteiger partial charge in [0.2, 0.25) is 0 Å². The SMILES string of the molecule is C=CCCC[C@H]1CC[C@H](CC[C@H]2CC[C@H]([C@H]3CC[C@H](c4ccc(F)cc4)CC3)CC2)CC1. The minimum Gasteiger partial charge on any atom is -0.207 e. The highest BCUT2D eigenvalue weighted by Gasteiger charge is 2.31. The number of hydrogen-bond donors (Lipinski definition) is 0. The van der Waals surface area contributed by atoms with Crippen molar-refractivity contribution >= 4 is 0 Å². The highest BCUT2D eigenvalue weighted by Crippen LogP contribution is 2.45. The third-order valence-corrected chi connectivity index (χ3v) is 9.64. The summed E-state index contributed by atoms with van der Waals surface area (Å²) in [5.74, 6) is 5.58. The van der Waals surface area contributed by atoms with Crippen molar-refractivity contribution in [2.24, 2.45) is 29.6 Å². The molecule has 0 spiro atoms. The second kappa shape index (κ2) is 12.4. The summed E-state index contributed by atoms with van der Waals surface area (Å²) in [6.07, 6.45) is 26.5. The number of rotatable bonds is 9. The van der Waals surface area contributed by atoms with Gasteiger partial charge in [-0.25, -0.2) is 4.39 Å². The Morgan fingerprint density at radius 3 is 1.66 bits per heavy atom. The normalized spacial score (nSPS) is 33.7. The molecule has 3 aliphatic carbocycles. The van der Waals surface area contributed by atoms with E-state index in [0.29, 0.717) is 5.92 Å². The number of benzene rings is 1. The number of hydrogen-bond acceptors (Lipinski definition) is 0. The fraction of sp³-hybridized carbons (Fsp3) is 0.742. The third-order valence-electron chi connectivity index (χ3n) is 9.64. The molecule has 0 heterocycles. The van der Waals surface area contributed by atoms with E-state index in [0.717, 1.165) is 29.6 Å². The molecule has 178 valence electrons. The molecule has 1 heteroatoms. The van der Waals surface area contributed by atoms with Crippen LogP contribution in [0.4, 0.5) is 4.39 Å². The summed E-state index contributed by atoms with van der Waals surface area (Å²) < 4.78 is 13.2. The van der Waals surface area contributed by atoms with Crippen molar-refractivity contribution in [2.45, 2.75) is 115 Å². The van der Waals surface area contributed by atoms with Crippen LogP contribution in [0.1, 0.15) is 121 Å². The Kier molecular flexibility index (Phi) is 9.30. The summed E-state index contributed by atoms with van der Waals surface area (Å²) in [6, 6.07) is 7.30. The first kappa shape index (κ1) is 24.0. The molecule has 1 aromatic rings. The average Bonchev–Trinajstić information content (AvgIpc) is 2.85.